The van der Waals surface area contributed by atoms with Gasteiger partial charge in [-0.25, -0.2) is 22.2 Å². The molecule has 84 valence electrons. The van der Waals surface area contributed by atoms with Crippen LogP contribution in [-0.2, 0) is 9.05 Å². The fraction of sp³-hybridized carbons (Fsp3) is 0.167. The van der Waals surface area contributed by atoms with Gasteiger partial charge in [0.25, 0.3) is 15.5 Å². The molecule has 1 rings (SSSR count). The lowest BCUT2D eigenvalue weighted by atomic mass is 10.3. The maximum absolute atomic E-state index is 12.4. The molecule has 0 radical (unpaired) electrons. The average molecular weight is 479 g/mol. The van der Waals surface area contributed by atoms with Crippen molar-refractivity contribution in [3.63, 3.8) is 0 Å². The van der Waals surface area contributed by atoms with Gasteiger partial charge in [0.2, 0.25) is 0 Å². The molecular weight excluding hydrogens is 477 g/mol. The van der Waals surface area contributed by atoms with Crippen LogP contribution in [0.25, 0.3) is 0 Å². The van der Waals surface area contributed by atoms with Crippen LogP contribution in [0.5, 0.6) is 0 Å². The second-order valence-electron chi connectivity index (χ2n) is 2.39. The van der Waals surface area contributed by atoms with E-state index in [9.17, 15) is 17.2 Å². The molecule has 3 nitrogen and oxygen atoms in total. The predicted molar refractivity (Wildman–Crippen MR) is 67.7 cm³/mol. The standard InChI is InChI=1S/C6H2ClF2I2NO2S/c7-15(13,14)6-3(10)1-2(4(8)9)5(11)12-6/h1,4H. The Morgan fingerprint density at radius 1 is 1.40 bits per heavy atom. The van der Waals surface area contributed by atoms with Crippen molar-refractivity contribution in [1.82, 2.24) is 4.98 Å². The van der Waals surface area contributed by atoms with E-state index < -0.39 is 20.5 Å². The minimum Gasteiger partial charge on any atom is -0.227 e. The van der Waals surface area contributed by atoms with Crippen molar-refractivity contribution in [2.75, 3.05) is 0 Å². The maximum atomic E-state index is 12.4. The Hall–Kier alpha value is 0.710. The van der Waals surface area contributed by atoms with Gasteiger partial charge in [-0.3, -0.25) is 0 Å². The molecule has 0 aliphatic rings. The predicted octanol–water partition coefficient (Wildman–Crippen LogP) is 3.16. The SMILES string of the molecule is O=S(=O)(Cl)c1nc(I)c(C(F)F)cc1I. The van der Waals surface area contributed by atoms with Crippen LogP contribution in [0.1, 0.15) is 12.0 Å². The lowest BCUT2D eigenvalue weighted by molar-refractivity contribution is 0.149. The van der Waals surface area contributed by atoms with Gasteiger partial charge in [-0.15, -0.1) is 0 Å². The van der Waals surface area contributed by atoms with Gasteiger partial charge in [-0.1, -0.05) is 0 Å². The zero-order valence-electron chi connectivity index (χ0n) is 6.72. The summed E-state index contributed by atoms with van der Waals surface area (Å²) >= 11 is 3.14. The second kappa shape index (κ2) is 4.92. The summed E-state index contributed by atoms with van der Waals surface area (Å²) in [6.45, 7) is 0. The Morgan fingerprint density at radius 2 is 1.93 bits per heavy atom. The van der Waals surface area contributed by atoms with E-state index >= 15 is 0 Å². The molecule has 0 amide bonds. The van der Waals surface area contributed by atoms with Crippen LogP contribution in [0.2, 0.25) is 0 Å². The third kappa shape index (κ3) is 3.33. The third-order valence-corrected chi connectivity index (χ3v) is 4.65. The largest absolute Gasteiger partial charge is 0.279 e. The molecule has 0 aromatic carbocycles. The molecule has 0 fully saturated rings. The van der Waals surface area contributed by atoms with Gasteiger partial charge >= 0.3 is 0 Å². The van der Waals surface area contributed by atoms with Crippen LogP contribution in [-0.4, -0.2) is 13.4 Å². The van der Waals surface area contributed by atoms with Gasteiger partial charge in [-0.2, -0.15) is 0 Å². The molecule has 1 heterocycles. The van der Waals surface area contributed by atoms with Crippen LogP contribution < -0.4 is 0 Å². The molecule has 15 heavy (non-hydrogen) atoms. The topological polar surface area (TPSA) is 47.0 Å². The summed E-state index contributed by atoms with van der Waals surface area (Å²) in [4.78, 5) is 3.54. The molecule has 0 aliphatic carbocycles. The molecule has 0 saturated heterocycles. The Morgan fingerprint density at radius 3 is 2.33 bits per heavy atom. The molecule has 0 aliphatic heterocycles. The molecule has 0 N–H and O–H groups in total. The molecule has 0 saturated carbocycles. The van der Waals surface area contributed by atoms with E-state index in [1.165, 1.54) is 0 Å². The lowest BCUT2D eigenvalue weighted by Gasteiger charge is -2.06. The normalized spacial score (nSPS) is 12.1. The summed E-state index contributed by atoms with van der Waals surface area (Å²) in [6.07, 6.45) is -2.69. The molecule has 1 aromatic rings. The summed E-state index contributed by atoms with van der Waals surface area (Å²) in [5.41, 5.74) is -0.302. The number of halogens is 5. The van der Waals surface area contributed by atoms with Crippen molar-refractivity contribution >= 4 is 64.9 Å². The van der Waals surface area contributed by atoms with E-state index in [0.717, 1.165) is 6.07 Å². The fourth-order valence-corrected chi connectivity index (χ4v) is 4.15. The van der Waals surface area contributed by atoms with E-state index in [2.05, 4.69) is 4.98 Å². The Kier molecular flexibility index (Phi) is 4.52. The minimum absolute atomic E-state index is 0.0674. The van der Waals surface area contributed by atoms with Crippen LogP contribution in [0.15, 0.2) is 11.1 Å². The van der Waals surface area contributed by atoms with E-state index in [-0.39, 0.29) is 12.8 Å². The van der Waals surface area contributed by atoms with Crippen molar-refractivity contribution in [3.8, 4) is 0 Å². The van der Waals surface area contributed by atoms with Crippen molar-refractivity contribution in [2.24, 2.45) is 0 Å². The van der Waals surface area contributed by atoms with Gasteiger partial charge < -0.3 is 0 Å². The number of hydrogen-bond acceptors (Lipinski definition) is 3. The van der Waals surface area contributed by atoms with Crippen LogP contribution in [0.3, 0.4) is 0 Å². The second-order valence-corrected chi connectivity index (χ2v) is 7.06. The number of nitrogens with zero attached hydrogens (tertiary/aromatic N) is 1. The van der Waals surface area contributed by atoms with Crippen LogP contribution >= 0.6 is 55.9 Å². The first kappa shape index (κ1) is 13.8. The molecule has 1 aromatic heterocycles. The number of rotatable bonds is 2. The van der Waals surface area contributed by atoms with Gasteiger partial charge in [0, 0.05) is 10.7 Å². The molecule has 0 atom stereocenters. The summed E-state index contributed by atoms with van der Waals surface area (Å²) in [6, 6.07) is 1.06. The monoisotopic (exact) mass is 479 g/mol. The van der Waals surface area contributed by atoms with Crippen molar-refractivity contribution in [3.05, 3.63) is 18.9 Å². The highest BCUT2D eigenvalue weighted by Crippen LogP contribution is 2.28. The van der Waals surface area contributed by atoms with Crippen molar-refractivity contribution in [1.29, 1.82) is 0 Å². The maximum Gasteiger partial charge on any atom is 0.279 e. The highest BCUT2D eigenvalue weighted by atomic mass is 127. The lowest BCUT2D eigenvalue weighted by Crippen LogP contribution is -2.04. The smallest absolute Gasteiger partial charge is 0.227 e. The highest BCUT2D eigenvalue weighted by molar-refractivity contribution is 14.1. The van der Waals surface area contributed by atoms with Crippen molar-refractivity contribution < 1.29 is 17.2 Å². The van der Waals surface area contributed by atoms with Gasteiger partial charge in [0.15, 0.2) is 5.03 Å². The first-order valence-corrected chi connectivity index (χ1v) is 7.79. The molecular formula is C6H2ClF2I2NO2S. The van der Waals surface area contributed by atoms with E-state index in [0.29, 0.717) is 0 Å². The summed E-state index contributed by atoms with van der Waals surface area (Å²) in [5.74, 6) is 0. The zero-order valence-corrected chi connectivity index (χ0v) is 12.6. The van der Waals surface area contributed by atoms with E-state index in [1.807, 2.05) is 0 Å². The summed E-state index contributed by atoms with van der Waals surface area (Å²) < 4.78 is 46.8. The zero-order chi connectivity index (χ0) is 11.8. The number of hydrogen-bond donors (Lipinski definition) is 0. The van der Waals surface area contributed by atoms with Crippen LogP contribution in [0, 0.1) is 7.27 Å². The van der Waals surface area contributed by atoms with Crippen molar-refractivity contribution in [2.45, 2.75) is 11.5 Å². The van der Waals surface area contributed by atoms with E-state index in [1.54, 1.807) is 45.2 Å². The molecule has 9 heteroatoms. The molecule has 0 spiro atoms. The third-order valence-electron chi connectivity index (χ3n) is 1.39. The number of alkyl halides is 2. The first-order valence-electron chi connectivity index (χ1n) is 3.32. The summed E-state index contributed by atoms with van der Waals surface area (Å²) in [7, 11) is 1.09. The highest BCUT2D eigenvalue weighted by Gasteiger charge is 2.22. The average Bonchev–Trinajstić information content (AvgIpc) is 2.06. The molecule has 0 unspecified atom stereocenters. The quantitative estimate of drug-likeness (QED) is 0.372. The van der Waals surface area contributed by atoms with Gasteiger partial charge in [0.05, 0.1) is 9.13 Å². The minimum atomic E-state index is -3.99. The van der Waals surface area contributed by atoms with E-state index in [4.69, 9.17) is 10.7 Å². The van der Waals surface area contributed by atoms with Gasteiger partial charge in [0.1, 0.15) is 3.70 Å². The fourth-order valence-electron chi connectivity index (χ4n) is 0.789. The summed E-state index contributed by atoms with van der Waals surface area (Å²) in [5, 5.41) is -0.390. The Balaban J connectivity index is 3.46. The Labute approximate surface area is 116 Å². The number of aromatic nitrogens is 1. The first-order chi connectivity index (χ1) is 6.73. The number of pyridine rings is 1. The molecule has 0 bridgehead atoms. The van der Waals surface area contributed by atoms with Gasteiger partial charge in [-0.05, 0) is 51.2 Å². The Bertz CT molecular complexity index is 494. The van der Waals surface area contributed by atoms with Crippen LogP contribution in [0.4, 0.5) is 8.78 Å².